The monoisotopic (exact) mass is 300 g/mol. The number of benzene rings is 1. The fourth-order valence-electron chi connectivity index (χ4n) is 2.02. The largest absolute Gasteiger partial charge is 0.478 e. The number of carboxylic acid groups (broad SMARTS) is 1. The average Bonchev–Trinajstić information content (AvgIpc) is 2.38. The van der Waals surface area contributed by atoms with Gasteiger partial charge in [0.25, 0.3) is 0 Å². The van der Waals surface area contributed by atoms with Gasteiger partial charge in [-0.15, -0.1) is 0 Å². The quantitative estimate of drug-likeness (QED) is 0.694. The first-order valence-corrected chi connectivity index (χ1v) is 7.61. The molecule has 0 spiro atoms. The minimum Gasteiger partial charge on any atom is -0.478 e. The molecule has 0 atom stereocenters. The summed E-state index contributed by atoms with van der Waals surface area (Å²) in [6.07, 6.45) is 1.21. The number of ether oxygens (including phenoxy) is 1. The summed E-state index contributed by atoms with van der Waals surface area (Å²) in [6, 6.07) is 3.38. The minimum atomic E-state index is -3.76. The number of anilines is 1. The lowest BCUT2D eigenvalue weighted by Crippen LogP contribution is -2.39. The number of hydrogen-bond acceptors (Lipinski definition) is 5. The number of sulfonamides is 1. The van der Waals surface area contributed by atoms with Gasteiger partial charge in [0.2, 0.25) is 10.0 Å². The molecule has 4 N–H and O–H groups in total. The highest BCUT2D eigenvalue weighted by molar-refractivity contribution is 7.89. The van der Waals surface area contributed by atoms with Gasteiger partial charge in [0.15, 0.2) is 0 Å². The van der Waals surface area contributed by atoms with Gasteiger partial charge in [-0.3, -0.25) is 0 Å². The van der Waals surface area contributed by atoms with E-state index < -0.39 is 16.0 Å². The Hall–Kier alpha value is -1.64. The fourth-order valence-corrected chi connectivity index (χ4v) is 3.44. The Morgan fingerprint density at radius 1 is 1.35 bits per heavy atom. The second kappa shape index (κ2) is 5.78. The van der Waals surface area contributed by atoms with Gasteiger partial charge in [-0.1, -0.05) is 0 Å². The number of aromatic carboxylic acids is 1. The van der Waals surface area contributed by atoms with Crippen LogP contribution in [0.1, 0.15) is 23.2 Å². The summed E-state index contributed by atoms with van der Waals surface area (Å²) >= 11 is 0. The standard InChI is InChI=1S/C12H16N2O5S/c13-10-7-8(12(15)16)1-2-11(10)20(17,18)14-9-3-5-19-6-4-9/h1-2,7,9,14H,3-6,13H2,(H,15,16). The number of carboxylic acids is 1. The highest BCUT2D eigenvalue weighted by Crippen LogP contribution is 2.21. The number of rotatable bonds is 4. The summed E-state index contributed by atoms with van der Waals surface area (Å²) in [5.74, 6) is -1.15. The molecule has 0 radical (unpaired) electrons. The molecule has 1 heterocycles. The highest BCUT2D eigenvalue weighted by atomic mass is 32.2. The number of nitrogen functional groups attached to an aromatic ring is 1. The predicted octanol–water partition coefficient (Wildman–Crippen LogP) is 0.424. The first kappa shape index (κ1) is 14.8. The Bertz CT molecular complexity index is 608. The van der Waals surface area contributed by atoms with Crippen LogP contribution in [0.15, 0.2) is 23.1 Å². The summed E-state index contributed by atoms with van der Waals surface area (Å²) in [5.41, 5.74) is 5.52. The predicted molar refractivity (Wildman–Crippen MR) is 72.0 cm³/mol. The van der Waals surface area contributed by atoms with Crippen LogP contribution in [0.25, 0.3) is 0 Å². The molecule has 0 bridgehead atoms. The van der Waals surface area contributed by atoms with E-state index in [1.54, 1.807) is 0 Å². The van der Waals surface area contributed by atoms with Crippen molar-refractivity contribution in [2.45, 2.75) is 23.8 Å². The highest BCUT2D eigenvalue weighted by Gasteiger charge is 2.24. The van der Waals surface area contributed by atoms with Gasteiger partial charge in [-0.2, -0.15) is 0 Å². The Labute approximate surface area is 116 Å². The van der Waals surface area contributed by atoms with E-state index in [1.807, 2.05) is 0 Å². The Balaban J connectivity index is 2.22. The number of nitrogens with one attached hydrogen (secondary N) is 1. The van der Waals surface area contributed by atoms with Gasteiger partial charge in [-0.05, 0) is 31.0 Å². The summed E-state index contributed by atoms with van der Waals surface area (Å²) in [6.45, 7) is 1.03. The van der Waals surface area contributed by atoms with Gasteiger partial charge in [-0.25, -0.2) is 17.9 Å². The van der Waals surface area contributed by atoms with E-state index in [0.29, 0.717) is 26.1 Å². The molecule has 1 saturated heterocycles. The summed E-state index contributed by atoms with van der Waals surface area (Å²) in [4.78, 5) is 10.7. The zero-order chi connectivity index (χ0) is 14.8. The van der Waals surface area contributed by atoms with Crippen LogP contribution in [-0.2, 0) is 14.8 Å². The van der Waals surface area contributed by atoms with Crippen molar-refractivity contribution in [3.63, 3.8) is 0 Å². The van der Waals surface area contributed by atoms with Crippen molar-refractivity contribution in [1.29, 1.82) is 0 Å². The van der Waals surface area contributed by atoms with E-state index >= 15 is 0 Å². The maximum absolute atomic E-state index is 12.2. The molecule has 1 aromatic rings. The SMILES string of the molecule is Nc1cc(C(=O)O)ccc1S(=O)(=O)NC1CCOCC1. The topological polar surface area (TPSA) is 119 Å². The lowest BCUT2D eigenvalue weighted by atomic mass is 10.1. The molecule has 2 rings (SSSR count). The van der Waals surface area contributed by atoms with Crippen molar-refractivity contribution in [2.24, 2.45) is 0 Å². The third-order valence-corrected chi connectivity index (χ3v) is 4.68. The maximum Gasteiger partial charge on any atom is 0.335 e. The third kappa shape index (κ3) is 3.27. The van der Waals surface area contributed by atoms with Crippen molar-refractivity contribution in [3.8, 4) is 0 Å². The Kier molecular flexibility index (Phi) is 4.26. The van der Waals surface area contributed by atoms with Crippen molar-refractivity contribution in [2.75, 3.05) is 18.9 Å². The lowest BCUT2D eigenvalue weighted by molar-refractivity contribution is 0.0696. The van der Waals surface area contributed by atoms with Crippen molar-refractivity contribution < 1.29 is 23.1 Å². The van der Waals surface area contributed by atoms with E-state index in [-0.39, 0.29) is 22.2 Å². The summed E-state index contributed by atoms with van der Waals surface area (Å²) in [5, 5.41) is 8.83. The van der Waals surface area contributed by atoms with E-state index in [9.17, 15) is 13.2 Å². The zero-order valence-corrected chi connectivity index (χ0v) is 11.5. The van der Waals surface area contributed by atoms with Crippen LogP contribution in [-0.4, -0.2) is 38.7 Å². The molecule has 1 fully saturated rings. The summed E-state index contributed by atoms with van der Waals surface area (Å²) in [7, 11) is -3.76. The molecule has 1 aliphatic rings. The molecule has 0 saturated carbocycles. The maximum atomic E-state index is 12.2. The van der Waals surface area contributed by atoms with Crippen LogP contribution in [0.3, 0.4) is 0 Å². The minimum absolute atomic E-state index is 0.0486. The molecule has 1 aromatic carbocycles. The molecule has 0 amide bonds. The van der Waals surface area contributed by atoms with E-state index in [2.05, 4.69) is 4.72 Å². The molecule has 0 aromatic heterocycles. The van der Waals surface area contributed by atoms with Crippen LogP contribution in [0.2, 0.25) is 0 Å². The van der Waals surface area contributed by atoms with Crippen LogP contribution >= 0.6 is 0 Å². The first-order valence-electron chi connectivity index (χ1n) is 6.13. The van der Waals surface area contributed by atoms with Crippen LogP contribution in [0.5, 0.6) is 0 Å². The van der Waals surface area contributed by atoms with Gasteiger partial charge in [0.05, 0.1) is 11.3 Å². The fraction of sp³-hybridized carbons (Fsp3) is 0.417. The van der Waals surface area contributed by atoms with Gasteiger partial charge in [0, 0.05) is 19.3 Å². The number of hydrogen-bond donors (Lipinski definition) is 3. The first-order chi connectivity index (χ1) is 9.40. The molecular weight excluding hydrogens is 284 g/mol. The molecule has 20 heavy (non-hydrogen) atoms. The Morgan fingerprint density at radius 3 is 2.55 bits per heavy atom. The molecule has 110 valence electrons. The molecule has 0 unspecified atom stereocenters. The van der Waals surface area contributed by atoms with E-state index in [1.165, 1.54) is 12.1 Å². The van der Waals surface area contributed by atoms with Crippen molar-refractivity contribution >= 4 is 21.7 Å². The number of nitrogens with two attached hydrogens (primary N) is 1. The van der Waals surface area contributed by atoms with Gasteiger partial charge >= 0.3 is 5.97 Å². The summed E-state index contributed by atoms with van der Waals surface area (Å²) < 4.78 is 32.2. The van der Waals surface area contributed by atoms with Crippen molar-refractivity contribution in [3.05, 3.63) is 23.8 Å². The number of carbonyl (C=O) groups is 1. The normalized spacial score (nSPS) is 17.0. The van der Waals surface area contributed by atoms with Crippen LogP contribution < -0.4 is 10.5 Å². The second-order valence-electron chi connectivity index (χ2n) is 4.57. The van der Waals surface area contributed by atoms with Crippen molar-refractivity contribution in [1.82, 2.24) is 4.72 Å². The van der Waals surface area contributed by atoms with Gasteiger partial charge < -0.3 is 15.6 Å². The average molecular weight is 300 g/mol. The lowest BCUT2D eigenvalue weighted by Gasteiger charge is -2.23. The zero-order valence-electron chi connectivity index (χ0n) is 10.7. The van der Waals surface area contributed by atoms with E-state index in [4.69, 9.17) is 15.6 Å². The van der Waals surface area contributed by atoms with E-state index in [0.717, 1.165) is 6.07 Å². The van der Waals surface area contributed by atoms with Gasteiger partial charge in [0.1, 0.15) is 4.90 Å². The molecule has 8 heteroatoms. The molecule has 1 aliphatic heterocycles. The van der Waals surface area contributed by atoms with Crippen LogP contribution in [0, 0.1) is 0 Å². The molecular formula is C12H16N2O5S. The van der Waals surface area contributed by atoms with Crippen LogP contribution in [0.4, 0.5) is 5.69 Å². The molecule has 7 nitrogen and oxygen atoms in total. The smallest absolute Gasteiger partial charge is 0.335 e. The Morgan fingerprint density at radius 2 is 2.00 bits per heavy atom. The molecule has 0 aliphatic carbocycles. The third-order valence-electron chi connectivity index (χ3n) is 3.09. The second-order valence-corrected chi connectivity index (χ2v) is 6.25.